The molecule has 3 nitrogen and oxygen atoms in total. The van der Waals surface area contributed by atoms with Crippen molar-refractivity contribution in [1.82, 2.24) is 4.98 Å². The zero-order chi connectivity index (χ0) is 14.4. The van der Waals surface area contributed by atoms with Gasteiger partial charge in [0.1, 0.15) is 5.75 Å². The zero-order valence-corrected chi connectivity index (χ0v) is 13.5. The quantitative estimate of drug-likeness (QED) is 0.793. The molecule has 0 saturated heterocycles. The average molecular weight is 308 g/mol. The van der Waals surface area contributed by atoms with Gasteiger partial charge in [-0.1, -0.05) is 13.0 Å². The van der Waals surface area contributed by atoms with Crippen molar-refractivity contribution in [1.29, 1.82) is 0 Å². The average Bonchev–Trinajstić information content (AvgIpc) is 2.85. The minimum absolute atomic E-state index is 0.512. The predicted molar refractivity (Wildman–Crippen MR) is 86.8 cm³/mol. The molecule has 5 heteroatoms. The molecule has 0 bridgehead atoms. The number of aromatic nitrogens is 1. The molecule has 0 saturated carbocycles. The molecule has 1 aromatic carbocycles. The highest BCUT2D eigenvalue weighted by Crippen LogP contribution is 2.30. The smallest absolute Gasteiger partial charge is 0.124 e. The van der Waals surface area contributed by atoms with E-state index in [4.69, 9.17) is 10.5 Å². The van der Waals surface area contributed by atoms with E-state index in [0.717, 1.165) is 29.2 Å². The second kappa shape index (κ2) is 7.67. The molecule has 0 fully saturated rings. The largest absolute Gasteiger partial charge is 0.493 e. The fourth-order valence-corrected chi connectivity index (χ4v) is 3.60. The monoisotopic (exact) mass is 308 g/mol. The van der Waals surface area contributed by atoms with Gasteiger partial charge in [0.05, 0.1) is 17.8 Å². The van der Waals surface area contributed by atoms with Crippen molar-refractivity contribution >= 4 is 23.1 Å². The number of aryl methyl sites for hydroxylation is 1. The van der Waals surface area contributed by atoms with Crippen LogP contribution in [0.15, 0.2) is 28.6 Å². The Morgan fingerprint density at radius 1 is 1.40 bits per heavy atom. The van der Waals surface area contributed by atoms with Crippen molar-refractivity contribution in [2.24, 2.45) is 5.73 Å². The third kappa shape index (κ3) is 3.75. The minimum atomic E-state index is 0.512. The molecule has 0 aliphatic heterocycles. The molecular formula is C15H20N2OS2. The number of benzene rings is 1. The number of thiazole rings is 1. The lowest BCUT2D eigenvalue weighted by atomic mass is 10.2. The highest BCUT2D eigenvalue weighted by molar-refractivity contribution is 7.99. The number of ether oxygens (including phenoxy) is 1. The topological polar surface area (TPSA) is 48.1 Å². The van der Waals surface area contributed by atoms with Crippen LogP contribution in [-0.4, -0.2) is 17.3 Å². The third-order valence-electron chi connectivity index (χ3n) is 3.03. The highest BCUT2D eigenvalue weighted by Gasteiger charge is 2.09. The lowest BCUT2D eigenvalue weighted by Gasteiger charge is -2.13. The molecular weight excluding hydrogens is 288 g/mol. The molecule has 0 aliphatic carbocycles. The maximum atomic E-state index is 5.93. The molecule has 1 heterocycles. The van der Waals surface area contributed by atoms with E-state index in [0.29, 0.717) is 13.2 Å². The van der Waals surface area contributed by atoms with E-state index in [2.05, 4.69) is 18.0 Å². The molecule has 108 valence electrons. The van der Waals surface area contributed by atoms with Gasteiger partial charge in [0.2, 0.25) is 0 Å². The van der Waals surface area contributed by atoms with Gasteiger partial charge in [-0.2, -0.15) is 0 Å². The second-order valence-electron chi connectivity index (χ2n) is 4.33. The summed E-state index contributed by atoms with van der Waals surface area (Å²) in [6, 6.07) is 6.14. The van der Waals surface area contributed by atoms with E-state index >= 15 is 0 Å². The van der Waals surface area contributed by atoms with Crippen LogP contribution < -0.4 is 10.5 Å². The Morgan fingerprint density at radius 3 is 2.90 bits per heavy atom. The molecule has 0 aliphatic rings. The van der Waals surface area contributed by atoms with Gasteiger partial charge < -0.3 is 10.5 Å². The highest BCUT2D eigenvalue weighted by atomic mass is 32.2. The maximum Gasteiger partial charge on any atom is 0.124 e. The fraction of sp³-hybridized carbons (Fsp3) is 0.400. The van der Waals surface area contributed by atoms with Gasteiger partial charge in [0, 0.05) is 28.3 Å². The van der Waals surface area contributed by atoms with Gasteiger partial charge in [-0.05, 0) is 24.8 Å². The van der Waals surface area contributed by atoms with Crippen LogP contribution in [0.5, 0.6) is 5.75 Å². The third-order valence-corrected chi connectivity index (χ3v) is 5.00. The van der Waals surface area contributed by atoms with Crippen LogP contribution in [0.4, 0.5) is 0 Å². The molecule has 0 radical (unpaired) electrons. The summed E-state index contributed by atoms with van der Waals surface area (Å²) in [5.41, 5.74) is 9.97. The molecule has 0 unspecified atom stereocenters. The Labute approximate surface area is 128 Å². The number of thioether (sulfide) groups is 1. The number of rotatable bonds is 7. The van der Waals surface area contributed by atoms with Crippen molar-refractivity contribution in [2.45, 2.75) is 31.7 Å². The van der Waals surface area contributed by atoms with E-state index < -0.39 is 0 Å². The van der Waals surface area contributed by atoms with Crippen LogP contribution in [0, 0.1) is 6.92 Å². The first-order chi connectivity index (χ1) is 9.76. The van der Waals surface area contributed by atoms with E-state index in [1.54, 1.807) is 23.1 Å². The van der Waals surface area contributed by atoms with Gasteiger partial charge in [-0.25, -0.2) is 4.98 Å². The molecule has 0 spiro atoms. The van der Waals surface area contributed by atoms with Crippen LogP contribution in [0.3, 0.4) is 0 Å². The number of nitrogens with zero attached hydrogens (tertiary/aromatic N) is 1. The summed E-state index contributed by atoms with van der Waals surface area (Å²) in [7, 11) is 0. The molecule has 20 heavy (non-hydrogen) atoms. The Hall–Kier alpha value is -1.04. The normalized spacial score (nSPS) is 10.8. The Bertz CT molecular complexity index is 555. The molecule has 0 atom stereocenters. The van der Waals surface area contributed by atoms with Crippen molar-refractivity contribution < 1.29 is 4.74 Å². The first kappa shape index (κ1) is 15.4. The first-order valence-corrected chi connectivity index (χ1v) is 8.59. The van der Waals surface area contributed by atoms with E-state index in [1.165, 1.54) is 9.77 Å². The van der Waals surface area contributed by atoms with Gasteiger partial charge >= 0.3 is 0 Å². The molecule has 2 N–H and O–H groups in total. The van der Waals surface area contributed by atoms with Gasteiger partial charge in [-0.15, -0.1) is 23.1 Å². The van der Waals surface area contributed by atoms with Crippen molar-refractivity contribution in [3.63, 3.8) is 0 Å². The van der Waals surface area contributed by atoms with Crippen LogP contribution in [0.25, 0.3) is 0 Å². The Kier molecular flexibility index (Phi) is 5.88. The number of nitrogens with two attached hydrogens (primary N) is 1. The first-order valence-electron chi connectivity index (χ1n) is 6.72. The molecule has 2 rings (SSSR count). The van der Waals surface area contributed by atoms with Gasteiger partial charge in [-0.3, -0.25) is 0 Å². The second-order valence-corrected chi connectivity index (χ2v) is 6.57. The molecule has 2 aromatic rings. The van der Waals surface area contributed by atoms with Crippen LogP contribution in [-0.2, 0) is 13.0 Å². The van der Waals surface area contributed by atoms with Crippen LogP contribution in [0.2, 0.25) is 0 Å². The molecule has 0 amide bonds. The summed E-state index contributed by atoms with van der Waals surface area (Å²) in [4.78, 5) is 6.77. The van der Waals surface area contributed by atoms with Gasteiger partial charge in [0.25, 0.3) is 0 Å². The number of hydrogen-bond acceptors (Lipinski definition) is 5. The van der Waals surface area contributed by atoms with E-state index in [-0.39, 0.29) is 0 Å². The Morgan fingerprint density at radius 2 is 2.25 bits per heavy atom. The maximum absolute atomic E-state index is 5.93. The lowest BCUT2D eigenvalue weighted by molar-refractivity contribution is 0.318. The van der Waals surface area contributed by atoms with E-state index in [9.17, 15) is 0 Å². The van der Waals surface area contributed by atoms with Crippen molar-refractivity contribution in [3.05, 3.63) is 39.8 Å². The standard InChI is InChI=1S/C15H20N2OS2/c1-3-19-15-6-4-5-13(12(15)9-16)18-8-7-14-11(2)17-10-20-14/h4-6,10H,3,7-9,16H2,1-2H3. The lowest BCUT2D eigenvalue weighted by Crippen LogP contribution is -2.07. The van der Waals surface area contributed by atoms with Crippen LogP contribution in [0.1, 0.15) is 23.1 Å². The summed E-state index contributed by atoms with van der Waals surface area (Å²) in [5.74, 6) is 1.95. The fourth-order valence-electron chi connectivity index (χ4n) is 1.99. The summed E-state index contributed by atoms with van der Waals surface area (Å²) in [6.07, 6.45) is 0.895. The molecule has 1 aromatic heterocycles. The number of hydrogen-bond donors (Lipinski definition) is 1. The summed E-state index contributed by atoms with van der Waals surface area (Å²) >= 11 is 3.49. The van der Waals surface area contributed by atoms with E-state index in [1.807, 2.05) is 24.6 Å². The minimum Gasteiger partial charge on any atom is -0.493 e. The predicted octanol–water partition coefficient (Wildman–Crippen LogP) is 3.64. The van der Waals surface area contributed by atoms with Crippen LogP contribution >= 0.6 is 23.1 Å². The summed E-state index contributed by atoms with van der Waals surface area (Å²) in [6.45, 7) is 5.36. The summed E-state index contributed by atoms with van der Waals surface area (Å²) < 4.78 is 5.93. The van der Waals surface area contributed by atoms with Crippen molar-refractivity contribution in [2.75, 3.05) is 12.4 Å². The Balaban J connectivity index is 2.02. The van der Waals surface area contributed by atoms with Crippen molar-refractivity contribution in [3.8, 4) is 5.75 Å². The summed E-state index contributed by atoms with van der Waals surface area (Å²) in [5, 5.41) is 0. The van der Waals surface area contributed by atoms with Gasteiger partial charge in [0.15, 0.2) is 0 Å². The SMILES string of the molecule is CCSc1cccc(OCCc2scnc2C)c1CN. The zero-order valence-electron chi connectivity index (χ0n) is 11.9.